The van der Waals surface area contributed by atoms with Gasteiger partial charge < -0.3 is 4.42 Å². The van der Waals surface area contributed by atoms with Crippen molar-refractivity contribution < 1.29 is 14.0 Å². The lowest BCUT2D eigenvalue weighted by Crippen LogP contribution is -2.30. The number of allylic oxidation sites excluding steroid dienone is 2. The lowest BCUT2D eigenvalue weighted by Gasteiger charge is -2.14. The highest BCUT2D eigenvalue weighted by molar-refractivity contribution is 7.13. The zero-order valence-corrected chi connectivity index (χ0v) is 13.5. The number of likely N-dealkylation sites (tertiary alicyclic amines) is 1. The minimum Gasteiger partial charge on any atom is -0.440 e. The number of aryl methyl sites for hydroxylation is 1. The Morgan fingerprint density at radius 1 is 1.26 bits per heavy atom. The molecule has 0 saturated carbocycles. The van der Waals surface area contributed by atoms with Gasteiger partial charge >= 0.3 is 0 Å². The first-order chi connectivity index (χ1) is 11.1. The molecule has 2 amide bonds. The van der Waals surface area contributed by atoms with E-state index in [0.29, 0.717) is 30.2 Å². The van der Waals surface area contributed by atoms with Gasteiger partial charge in [-0.1, -0.05) is 18.2 Å². The van der Waals surface area contributed by atoms with Crippen LogP contribution < -0.4 is 0 Å². The first kappa shape index (κ1) is 14.4. The van der Waals surface area contributed by atoms with Gasteiger partial charge in [0.15, 0.2) is 0 Å². The number of carbonyl (C=O) groups excluding carboxylic acids is 2. The normalized spacial score (nSPS) is 23.6. The van der Waals surface area contributed by atoms with E-state index in [1.165, 1.54) is 4.90 Å². The fourth-order valence-corrected chi connectivity index (χ4v) is 3.90. The third kappa shape index (κ3) is 2.34. The second-order valence-electron chi connectivity index (χ2n) is 5.92. The number of imide groups is 1. The molecule has 0 spiro atoms. The fraction of sp³-hybridized carbons (Fsp3) is 0.353. The number of hydrogen-bond donors (Lipinski definition) is 0. The third-order valence-corrected chi connectivity index (χ3v) is 5.39. The minimum absolute atomic E-state index is 0.0792. The van der Waals surface area contributed by atoms with Crippen LogP contribution in [0.4, 0.5) is 0 Å². The van der Waals surface area contributed by atoms with Gasteiger partial charge in [0.25, 0.3) is 0 Å². The van der Waals surface area contributed by atoms with Gasteiger partial charge in [0.05, 0.1) is 23.3 Å². The minimum atomic E-state index is -0.198. The van der Waals surface area contributed by atoms with Crippen LogP contribution in [0.3, 0.4) is 0 Å². The van der Waals surface area contributed by atoms with Crippen molar-refractivity contribution in [1.82, 2.24) is 9.88 Å². The number of nitrogens with zero attached hydrogens (tertiary/aromatic N) is 2. The molecule has 2 aliphatic rings. The van der Waals surface area contributed by atoms with Gasteiger partial charge in [0.1, 0.15) is 11.5 Å². The molecule has 2 aromatic heterocycles. The van der Waals surface area contributed by atoms with Crippen LogP contribution in [0.25, 0.3) is 10.8 Å². The number of oxazole rings is 1. The van der Waals surface area contributed by atoms with Crippen molar-refractivity contribution in [2.75, 3.05) is 0 Å². The summed E-state index contributed by atoms with van der Waals surface area (Å²) in [7, 11) is 0. The molecule has 2 atom stereocenters. The molecule has 2 aromatic rings. The SMILES string of the molecule is Cc1oc(-c2cccs2)nc1CN1C(=O)[C@H]2CC=CC[C@@H]2C1=O. The molecule has 0 N–H and O–H groups in total. The van der Waals surface area contributed by atoms with Crippen molar-refractivity contribution in [1.29, 1.82) is 0 Å². The molecule has 1 saturated heterocycles. The highest BCUT2D eigenvalue weighted by Crippen LogP contribution is 2.36. The Balaban J connectivity index is 1.59. The molecule has 1 aliphatic heterocycles. The quantitative estimate of drug-likeness (QED) is 0.641. The van der Waals surface area contributed by atoms with E-state index in [0.717, 1.165) is 4.88 Å². The van der Waals surface area contributed by atoms with Crippen molar-refractivity contribution in [2.45, 2.75) is 26.3 Å². The summed E-state index contributed by atoms with van der Waals surface area (Å²) in [6.07, 6.45) is 5.30. The maximum absolute atomic E-state index is 12.5. The van der Waals surface area contributed by atoms with Gasteiger partial charge in [-0.25, -0.2) is 4.98 Å². The number of aromatic nitrogens is 1. The molecule has 0 bridgehead atoms. The maximum Gasteiger partial charge on any atom is 0.236 e. The van der Waals surface area contributed by atoms with Crippen molar-refractivity contribution in [3.63, 3.8) is 0 Å². The molecule has 1 fully saturated rings. The van der Waals surface area contributed by atoms with Crippen molar-refractivity contribution >= 4 is 23.2 Å². The number of amides is 2. The molecule has 0 aromatic carbocycles. The molecule has 3 heterocycles. The van der Waals surface area contributed by atoms with Gasteiger partial charge in [0, 0.05) is 0 Å². The molecule has 118 valence electrons. The Labute approximate surface area is 137 Å². The molecule has 6 heteroatoms. The molecule has 1 aliphatic carbocycles. The van der Waals surface area contributed by atoms with E-state index in [1.807, 2.05) is 36.6 Å². The maximum atomic E-state index is 12.5. The zero-order chi connectivity index (χ0) is 16.0. The highest BCUT2D eigenvalue weighted by atomic mass is 32.1. The van der Waals surface area contributed by atoms with Gasteiger partial charge in [-0.15, -0.1) is 11.3 Å². The summed E-state index contributed by atoms with van der Waals surface area (Å²) in [6, 6.07) is 3.87. The number of carbonyl (C=O) groups is 2. The summed E-state index contributed by atoms with van der Waals surface area (Å²) in [4.78, 5) is 31.8. The molecule has 5 nitrogen and oxygen atoms in total. The topological polar surface area (TPSA) is 63.4 Å². The number of fused-ring (bicyclic) bond motifs is 1. The van der Waals surface area contributed by atoms with Gasteiger partial charge in [-0.2, -0.15) is 0 Å². The first-order valence-electron chi connectivity index (χ1n) is 7.65. The van der Waals surface area contributed by atoms with Crippen LogP contribution in [0.1, 0.15) is 24.3 Å². The summed E-state index contributed by atoms with van der Waals surface area (Å²) in [5.74, 6) is 0.648. The van der Waals surface area contributed by atoms with Crippen molar-refractivity contribution in [3.8, 4) is 10.8 Å². The largest absolute Gasteiger partial charge is 0.440 e. The second-order valence-corrected chi connectivity index (χ2v) is 6.87. The predicted molar refractivity (Wildman–Crippen MR) is 85.5 cm³/mol. The summed E-state index contributed by atoms with van der Waals surface area (Å²) >= 11 is 1.55. The van der Waals surface area contributed by atoms with Crippen LogP contribution >= 0.6 is 11.3 Å². The number of rotatable bonds is 3. The Morgan fingerprint density at radius 2 is 1.96 bits per heavy atom. The summed E-state index contributed by atoms with van der Waals surface area (Å²) in [5.41, 5.74) is 0.654. The molecule has 4 rings (SSSR count). The Bertz CT molecular complexity index is 765. The number of thiophene rings is 1. The third-order valence-electron chi connectivity index (χ3n) is 4.53. The Kier molecular flexibility index (Phi) is 3.41. The Morgan fingerprint density at radius 3 is 2.57 bits per heavy atom. The van der Waals surface area contributed by atoms with Crippen molar-refractivity contribution in [2.24, 2.45) is 11.8 Å². The molecule has 0 unspecified atom stereocenters. The summed E-state index contributed by atoms with van der Waals surface area (Å²) in [5, 5.41) is 1.96. The van der Waals surface area contributed by atoms with Crippen LogP contribution in [0.5, 0.6) is 0 Å². The van der Waals surface area contributed by atoms with Crippen LogP contribution in [-0.4, -0.2) is 21.7 Å². The molecule has 0 radical (unpaired) electrons. The lowest BCUT2D eigenvalue weighted by molar-refractivity contribution is -0.140. The molecular formula is C17H16N2O3S. The standard InChI is InChI=1S/C17H16N2O3S/c1-10-13(18-15(22-10)14-7-4-8-23-14)9-19-16(20)11-5-2-3-6-12(11)17(19)21/h2-4,7-8,11-12H,5-6,9H2,1H3/t11-,12-/m0/s1. The Hall–Kier alpha value is -2.21. The van der Waals surface area contributed by atoms with Gasteiger partial charge in [0.2, 0.25) is 17.7 Å². The summed E-state index contributed by atoms with van der Waals surface area (Å²) in [6.45, 7) is 2.02. The van der Waals surface area contributed by atoms with E-state index in [1.54, 1.807) is 11.3 Å². The highest BCUT2D eigenvalue weighted by Gasteiger charge is 2.47. The van der Waals surface area contributed by atoms with Crippen LogP contribution in [0.15, 0.2) is 34.1 Å². The smallest absolute Gasteiger partial charge is 0.236 e. The predicted octanol–water partition coefficient (Wildman–Crippen LogP) is 3.16. The fourth-order valence-electron chi connectivity index (χ4n) is 3.25. The van der Waals surface area contributed by atoms with E-state index in [9.17, 15) is 9.59 Å². The van der Waals surface area contributed by atoms with E-state index in [-0.39, 0.29) is 30.2 Å². The molecule has 23 heavy (non-hydrogen) atoms. The number of hydrogen-bond acceptors (Lipinski definition) is 5. The van der Waals surface area contributed by atoms with Crippen LogP contribution in [0, 0.1) is 18.8 Å². The lowest BCUT2D eigenvalue weighted by atomic mass is 9.85. The van der Waals surface area contributed by atoms with E-state index >= 15 is 0 Å². The zero-order valence-electron chi connectivity index (χ0n) is 12.7. The molecular weight excluding hydrogens is 312 g/mol. The van der Waals surface area contributed by atoms with E-state index in [2.05, 4.69) is 4.98 Å². The van der Waals surface area contributed by atoms with Crippen LogP contribution in [-0.2, 0) is 16.1 Å². The van der Waals surface area contributed by atoms with Gasteiger partial charge in [-0.05, 0) is 31.2 Å². The van der Waals surface area contributed by atoms with E-state index in [4.69, 9.17) is 4.42 Å². The second kappa shape index (κ2) is 5.45. The summed E-state index contributed by atoms with van der Waals surface area (Å²) < 4.78 is 5.70. The van der Waals surface area contributed by atoms with Crippen LogP contribution in [0.2, 0.25) is 0 Å². The monoisotopic (exact) mass is 328 g/mol. The van der Waals surface area contributed by atoms with Crippen molar-refractivity contribution in [3.05, 3.63) is 41.1 Å². The average molecular weight is 328 g/mol. The van der Waals surface area contributed by atoms with E-state index < -0.39 is 0 Å². The average Bonchev–Trinajstić information content (AvgIpc) is 3.25. The van der Waals surface area contributed by atoms with Gasteiger partial charge in [-0.3, -0.25) is 14.5 Å². The first-order valence-corrected chi connectivity index (χ1v) is 8.53.